The molecular weight excluding hydrogens is 220 g/mol. The monoisotopic (exact) mass is 240 g/mol. The van der Waals surface area contributed by atoms with Gasteiger partial charge in [0.05, 0.1) is 0 Å². The fraction of sp³-hybridized carbons (Fsp3) is 0.250. The molecule has 0 radical (unpaired) electrons. The highest BCUT2D eigenvalue weighted by molar-refractivity contribution is 5.57. The van der Waals surface area contributed by atoms with Gasteiger partial charge in [0.1, 0.15) is 0 Å². The van der Waals surface area contributed by atoms with Crippen LogP contribution in [0.2, 0.25) is 0 Å². The summed E-state index contributed by atoms with van der Waals surface area (Å²) in [6, 6.07) is 17.1. The largest absolute Gasteiger partial charge is 0.381 e. The van der Waals surface area contributed by atoms with Crippen molar-refractivity contribution in [1.82, 2.24) is 0 Å². The number of aryl methyl sites for hydroxylation is 1. The highest BCUT2D eigenvalue weighted by Crippen LogP contribution is 2.18. The normalized spacial score (nSPS) is 10.2. The van der Waals surface area contributed by atoms with Crippen LogP contribution in [0.25, 0.3) is 0 Å². The fourth-order valence-corrected chi connectivity index (χ4v) is 1.80. The number of nitrogens with zero attached hydrogens (tertiary/aromatic N) is 1. The summed E-state index contributed by atoms with van der Waals surface area (Å²) in [5.41, 5.74) is 4.97. The summed E-state index contributed by atoms with van der Waals surface area (Å²) >= 11 is 0. The molecule has 2 nitrogen and oxygen atoms in total. The van der Waals surface area contributed by atoms with Crippen molar-refractivity contribution in [2.24, 2.45) is 0 Å². The quantitative estimate of drug-likeness (QED) is 0.877. The summed E-state index contributed by atoms with van der Waals surface area (Å²) in [5.74, 6) is 0. The molecule has 0 aliphatic carbocycles. The smallest absolute Gasteiger partial charge is 0.0400 e. The molecule has 0 amide bonds. The molecular formula is C16H20N2. The van der Waals surface area contributed by atoms with Crippen molar-refractivity contribution < 1.29 is 0 Å². The lowest BCUT2D eigenvalue weighted by atomic mass is 10.1. The molecule has 0 aliphatic heterocycles. The lowest BCUT2D eigenvalue weighted by Gasteiger charge is -2.14. The molecule has 0 atom stereocenters. The third kappa shape index (κ3) is 3.27. The minimum atomic E-state index is 0.858. The van der Waals surface area contributed by atoms with E-state index in [0.717, 1.165) is 12.2 Å². The molecule has 1 N–H and O–H groups in total. The Morgan fingerprint density at radius 2 is 1.72 bits per heavy atom. The zero-order valence-corrected chi connectivity index (χ0v) is 11.3. The van der Waals surface area contributed by atoms with Gasteiger partial charge in [-0.1, -0.05) is 35.9 Å². The van der Waals surface area contributed by atoms with Crippen molar-refractivity contribution in [2.45, 2.75) is 13.5 Å². The van der Waals surface area contributed by atoms with Crippen LogP contribution in [0.5, 0.6) is 0 Å². The Balaban J connectivity index is 2.01. The topological polar surface area (TPSA) is 15.3 Å². The van der Waals surface area contributed by atoms with Crippen LogP contribution in [0, 0.1) is 6.92 Å². The minimum Gasteiger partial charge on any atom is -0.381 e. The Kier molecular flexibility index (Phi) is 3.88. The number of anilines is 2. The number of rotatable bonds is 4. The third-order valence-electron chi connectivity index (χ3n) is 2.98. The van der Waals surface area contributed by atoms with Crippen LogP contribution in [-0.4, -0.2) is 14.1 Å². The molecule has 0 fully saturated rings. The molecule has 0 unspecified atom stereocenters. The maximum absolute atomic E-state index is 3.45. The first-order chi connectivity index (χ1) is 8.65. The zero-order chi connectivity index (χ0) is 13.0. The number of hydrogen-bond donors (Lipinski definition) is 1. The van der Waals surface area contributed by atoms with E-state index in [1.165, 1.54) is 16.8 Å². The summed E-state index contributed by atoms with van der Waals surface area (Å²) in [6.45, 7) is 2.97. The van der Waals surface area contributed by atoms with E-state index in [0.29, 0.717) is 0 Å². The molecule has 18 heavy (non-hydrogen) atoms. The van der Waals surface area contributed by atoms with Crippen molar-refractivity contribution in [3.63, 3.8) is 0 Å². The van der Waals surface area contributed by atoms with Gasteiger partial charge in [-0.3, -0.25) is 0 Å². The SMILES string of the molecule is Cc1ccc(CNc2cccc(N(C)C)c2)cc1. The van der Waals surface area contributed by atoms with E-state index >= 15 is 0 Å². The molecule has 0 bridgehead atoms. The molecule has 0 saturated carbocycles. The van der Waals surface area contributed by atoms with Crippen LogP contribution in [0.1, 0.15) is 11.1 Å². The van der Waals surface area contributed by atoms with Gasteiger partial charge in [-0.25, -0.2) is 0 Å². The van der Waals surface area contributed by atoms with Crippen LogP contribution >= 0.6 is 0 Å². The maximum Gasteiger partial charge on any atom is 0.0400 e. The second kappa shape index (κ2) is 5.58. The van der Waals surface area contributed by atoms with Crippen molar-refractivity contribution in [2.75, 3.05) is 24.3 Å². The first kappa shape index (κ1) is 12.5. The standard InChI is InChI=1S/C16H20N2/c1-13-7-9-14(10-8-13)12-17-15-5-4-6-16(11-15)18(2)3/h4-11,17H,12H2,1-3H3. The Bertz CT molecular complexity index is 501. The van der Waals surface area contributed by atoms with E-state index in [2.05, 4.69) is 79.8 Å². The Hall–Kier alpha value is -1.96. The van der Waals surface area contributed by atoms with Gasteiger partial charge in [0.15, 0.2) is 0 Å². The van der Waals surface area contributed by atoms with E-state index in [1.54, 1.807) is 0 Å². The van der Waals surface area contributed by atoms with Crippen molar-refractivity contribution in [3.05, 3.63) is 59.7 Å². The van der Waals surface area contributed by atoms with E-state index in [-0.39, 0.29) is 0 Å². The maximum atomic E-state index is 3.45. The van der Waals surface area contributed by atoms with Crippen molar-refractivity contribution in [3.8, 4) is 0 Å². The van der Waals surface area contributed by atoms with Crippen LogP contribution in [-0.2, 0) is 6.54 Å². The van der Waals surface area contributed by atoms with Crippen molar-refractivity contribution in [1.29, 1.82) is 0 Å². The van der Waals surface area contributed by atoms with Crippen LogP contribution in [0.4, 0.5) is 11.4 Å². The summed E-state index contributed by atoms with van der Waals surface area (Å²) < 4.78 is 0. The second-order valence-corrected chi connectivity index (χ2v) is 4.78. The van der Waals surface area contributed by atoms with Crippen molar-refractivity contribution >= 4 is 11.4 Å². The van der Waals surface area contributed by atoms with Crippen LogP contribution < -0.4 is 10.2 Å². The molecule has 0 aromatic heterocycles. The number of benzene rings is 2. The van der Waals surface area contributed by atoms with E-state index in [1.807, 2.05) is 0 Å². The highest BCUT2D eigenvalue weighted by Gasteiger charge is 1.98. The minimum absolute atomic E-state index is 0.858. The molecule has 0 heterocycles. The predicted molar refractivity (Wildman–Crippen MR) is 79.3 cm³/mol. The highest BCUT2D eigenvalue weighted by atomic mass is 15.1. The van der Waals surface area contributed by atoms with Gasteiger partial charge in [-0.05, 0) is 30.7 Å². The van der Waals surface area contributed by atoms with Gasteiger partial charge >= 0.3 is 0 Å². The summed E-state index contributed by atoms with van der Waals surface area (Å²) in [4.78, 5) is 2.11. The lowest BCUT2D eigenvalue weighted by Crippen LogP contribution is -2.09. The summed E-state index contributed by atoms with van der Waals surface area (Å²) in [7, 11) is 4.11. The molecule has 2 heteroatoms. The molecule has 0 aliphatic rings. The van der Waals surface area contributed by atoms with Crippen LogP contribution in [0.3, 0.4) is 0 Å². The van der Waals surface area contributed by atoms with Gasteiger partial charge in [0, 0.05) is 32.0 Å². The number of nitrogens with one attached hydrogen (secondary N) is 1. The zero-order valence-electron chi connectivity index (χ0n) is 11.3. The second-order valence-electron chi connectivity index (χ2n) is 4.78. The van der Waals surface area contributed by atoms with Gasteiger partial charge < -0.3 is 10.2 Å². The lowest BCUT2D eigenvalue weighted by molar-refractivity contribution is 1.12. The Morgan fingerprint density at radius 1 is 1.00 bits per heavy atom. The first-order valence-corrected chi connectivity index (χ1v) is 6.22. The van der Waals surface area contributed by atoms with E-state index in [4.69, 9.17) is 0 Å². The molecule has 2 rings (SSSR count). The summed E-state index contributed by atoms with van der Waals surface area (Å²) in [6.07, 6.45) is 0. The van der Waals surface area contributed by atoms with Gasteiger partial charge in [-0.2, -0.15) is 0 Å². The average Bonchev–Trinajstić information content (AvgIpc) is 2.38. The molecule has 2 aromatic rings. The van der Waals surface area contributed by atoms with E-state index in [9.17, 15) is 0 Å². The Morgan fingerprint density at radius 3 is 2.39 bits per heavy atom. The van der Waals surface area contributed by atoms with Gasteiger partial charge in [-0.15, -0.1) is 0 Å². The first-order valence-electron chi connectivity index (χ1n) is 6.22. The molecule has 0 spiro atoms. The van der Waals surface area contributed by atoms with E-state index < -0.39 is 0 Å². The average molecular weight is 240 g/mol. The molecule has 94 valence electrons. The van der Waals surface area contributed by atoms with Crippen LogP contribution in [0.15, 0.2) is 48.5 Å². The third-order valence-corrected chi connectivity index (χ3v) is 2.98. The molecule has 0 saturated heterocycles. The van der Waals surface area contributed by atoms with Gasteiger partial charge in [0.2, 0.25) is 0 Å². The molecule has 2 aromatic carbocycles. The summed E-state index contributed by atoms with van der Waals surface area (Å²) in [5, 5.41) is 3.45. The van der Waals surface area contributed by atoms with Gasteiger partial charge in [0.25, 0.3) is 0 Å². The predicted octanol–water partition coefficient (Wildman–Crippen LogP) is 3.67. The fourth-order valence-electron chi connectivity index (χ4n) is 1.80. The Labute approximate surface area is 109 Å². The number of hydrogen-bond acceptors (Lipinski definition) is 2.